The highest BCUT2D eigenvalue weighted by Gasteiger charge is 2.33. The van der Waals surface area contributed by atoms with Crippen molar-refractivity contribution in [2.24, 2.45) is 5.92 Å². The van der Waals surface area contributed by atoms with Gasteiger partial charge in [-0.3, -0.25) is 4.79 Å². The lowest BCUT2D eigenvalue weighted by molar-refractivity contribution is -0.121. The van der Waals surface area contributed by atoms with E-state index in [1.54, 1.807) is 0 Å². The molecule has 20 heavy (non-hydrogen) atoms. The zero-order chi connectivity index (χ0) is 14.1. The molecule has 0 aromatic heterocycles. The molecule has 1 aromatic carbocycles. The highest BCUT2D eigenvalue weighted by atomic mass is 16.1. The standard InChI is InChI=1S/C16H23N3O/c1-11-2-3-13(17)10-15(11)18-16(20)12-6-8-19(9-7-12)14-4-5-14/h2-3,10,12,14H,4-9,17H2,1H3,(H,18,20). The summed E-state index contributed by atoms with van der Waals surface area (Å²) in [4.78, 5) is 14.9. The van der Waals surface area contributed by atoms with Crippen LogP contribution in [0.4, 0.5) is 11.4 Å². The highest BCUT2D eigenvalue weighted by Crippen LogP contribution is 2.31. The van der Waals surface area contributed by atoms with Crippen molar-refractivity contribution in [3.63, 3.8) is 0 Å². The number of amides is 1. The number of rotatable bonds is 3. The summed E-state index contributed by atoms with van der Waals surface area (Å²) in [5.41, 5.74) is 8.38. The maximum atomic E-state index is 12.4. The molecule has 2 aliphatic rings. The maximum absolute atomic E-state index is 12.4. The Morgan fingerprint density at radius 1 is 1.25 bits per heavy atom. The average Bonchev–Trinajstić information content (AvgIpc) is 3.27. The Morgan fingerprint density at radius 2 is 1.95 bits per heavy atom. The smallest absolute Gasteiger partial charge is 0.227 e. The Hall–Kier alpha value is -1.55. The van der Waals surface area contributed by atoms with Crippen molar-refractivity contribution in [2.45, 2.75) is 38.6 Å². The van der Waals surface area contributed by atoms with Crippen molar-refractivity contribution in [2.75, 3.05) is 24.1 Å². The molecule has 4 heteroatoms. The lowest BCUT2D eigenvalue weighted by Gasteiger charge is -2.31. The normalized spacial score (nSPS) is 20.9. The van der Waals surface area contributed by atoms with Gasteiger partial charge in [0, 0.05) is 23.3 Å². The summed E-state index contributed by atoms with van der Waals surface area (Å²) in [5, 5.41) is 3.04. The number of likely N-dealkylation sites (tertiary alicyclic amines) is 1. The molecule has 4 nitrogen and oxygen atoms in total. The van der Waals surface area contributed by atoms with Gasteiger partial charge in [-0.25, -0.2) is 0 Å². The number of nitrogens with two attached hydrogens (primary N) is 1. The summed E-state index contributed by atoms with van der Waals surface area (Å²) < 4.78 is 0. The van der Waals surface area contributed by atoms with Gasteiger partial charge in [0.2, 0.25) is 5.91 Å². The fourth-order valence-corrected chi connectivity index (χ4v) is 2.98. The second-order valence-corrected chi connectivity index (χ2v) is 6.11. The van der Waals surface area contributed by atoms with Gasteiger partial charge in [-0.2, -0.15) is 0 Å². The van der Waals surface area contributed by atoms with Gasteiger partial charge in [-0.15, -0.1) is 0 Å². The van der Waals surface area contributed by atoms with Crippen LogP contribution >= 0.6 is 0 Å². The molecule has 1 aliphatic carbocycles. The van der Waals surface area contributed by atoms with E-state index in [1.165, 1.54) is 12.8 Å². The van der Waals surface area contributed by atoms with E-state index in [0.29, 0.717) is 5.69 Å². The third kappa shape index (κ3) is 2.96. The summed E-state index contributed by atoms with van der Waals surface area (Å²) in [7, 11) is 0. The molecule has 1 saturated heterocycles. The molecular weight excluding hydrogens is 250 g/mol. The number of piperidine rings is 1. The zero-order valence-corrected chi connectivity index (χ0v) is 12.1. The van der Waals surface area contributed by atoms with Crippen molar-refractivity contribution >= 4 is 17.3 Å². The van der Waals surface area contributed by atoms with Crippen molar-refractivity contribution in [1.82, 2.24) is 4.90 Å². The van der Waals surface area contributed by atoms with Crippen molar-refractivity contribution in [3.8, 4) is 0 Å². The Labute approximate surface area is 120 Å². The molecule has 0 radical (unpaired) electrons. The van der Waals surface area contributed by atoms with E-state index >= 15 is 0 Å². The number of nitrogens with one attached hydrogen (secondary N) is 1. The number of hydrogen-bond donors (Lipinski definition) is 2. The first-order chi connectivity index (χ1) is 9.63. The number of nitrogen functional groups attached to an aromatic ring is 1. The minimum Gasteiger partial charge on any atom is -0.399 e. The molecule has 0 atom stereocenters. The summed E-state index contributed by atoms with van der Waals surface area (Å²) >= 11 is 0. The third-order valence-electron chi connectivity index (χ3n) is 4.48. The van der Waals surface area contributed by atoms with Gasteiger partial charge in [0.05, 0.1) is 0 Å². The molecule has 0 spiro atoms. The average molecular weight is 273 g/mol. The van der Waals surface area contributed by atoms with Gasteiger partial charge in [-0.1, -0.05) is 6.07 Å². The lowest BCUT2D eigenvalue weighted by Crippen LogP contribution is -2.39. The number of hydrogen-bond acceptors (Lipinski definition) is 3. The Bertz CT molecular complexity index is 502. The van der Waals surface area contributed by atoms with Crippen LogP contribution in [0, 0.1) is 12.8 Å². The maximum Gasteiger partial charge on any atom is 0.227 e. The largest absolute Gasteiger partial charge is 0.399 e. The number of carbonyl (C=O) groups is 1. The van der Waals surface area contributed by atoms with E-state index in [2.05, 4.69) is 10.2 Å². The first kappa shape index (κ1) is 13.4. The van der Waals surface area contributed by atoms with E-state index in [4.69, 9.17) is 5.73 Å². The number of benzene rings is 1. The monoisotopic (exact) mass is 273 g/mol. The second-order valence-electron chi connectivity index (χ2n) is 6.11. The third-order valence-corrected chi connectivity index (χ3v) is 4.48. The van der Waals surface area contributed by atoms with E-state index in [0.717, 1.165) is 43.2 Å². The van der Waals surface area contributed by atoms with Crippen molar-refractivity contribution in [1.29, 1.82) is 0 Å². The predicted molar refractivity (Wildman–Crippen MR) is 81.5 cm³/mol. The molecular formula is C16H23N3O. The second kappa shape index (κ2) is 5.44. The van der Waals surface area contributed by atoms with Crippen LogP contribution < -0.4 is 11.1 Å². The summed E-state index contributed by atoms with van der Waals surface area (Å²) in [5.74, 6) is 0.292. The Kier molecular flexibility index (Phi) is 3.66. The van der Waals surface area contributed by atoms with Crippen molar-refractivity contribution < 1.29 is 4.79 Å². The van der Waals surface area contributed by atoms with Crippen LogP contribution in [0.25, 0.3) is 0 Å². The minimum absolute atomic E-state index is 0.144. The van der Waals surface area contributed by atoms with E-state index < -0.39 is 0 Å². The lowest BCUT2D eigenvalue weighted by atomic mass is 9.95. The number of carbonyl (C=O) groups excluding carboxylic acids is 1. The Balaban J connectivity index is 1.57. The highest BCUT2D eigenvalue weighted by molar-refractivity contribution is 5.93. The van der Waals surface area contributed by atoms with Crippen LogP contribution in [0.5, 0.6) is 0 Å². The molecule has 1 amide bonds. The van der Waals surface area contributed by atoms with Crippen LogP contribution in [0.1, 0.15) is 31.2 Å². The van der Waals surface area contributed by atoms with Crippen LogP contribution in [-0.4, -0.2) is 29.9 Å². The van der Waals surface area contributed by atoms with Gasteiger partial charge in [0.25, 0.3) is 0 Å². The van der Waals surface area contributed by atoms with Crippen LogP contribution in [0.3, 0.4) is 0 Å². The van der Waals surface area contributed by atoms with Crippen LogP contribution in [0.2, 0.25) is 0 Å². The summed E-state index contributed by atoms with van der Waals surface area (Å²) in [6.45, 7) is 4.13. The molecule has 108 valence electrons. The van der Waals surface area contributed by atoms with Crippen LogP contribution in [0.15, 0.2) is 18.2 Å². The zero-order valence-electron chi connectivity index (χ0n) is 12.1. The fraction of sp³-hybridized carbons (Fsp3) is 0.562. The molecule has 1 saturated carbocycles. The van der Waals surface area contributed by atoms with Gasteiger partial charge >= 0.3 is 0 Å². The van der Waals surface area contributed by atoms with E-state index in [1.807, 2.05) is 25.1 Å². The summed E-state index contributed by atoms with van der Waals surface area (Å²) in [6, 6.07) is 6.46. The number of aryl methyl sites for hydroxylation is 1. The molecule has 2 fully saturated rings. The Morgan fingerprint density at radius 3 is 2.60 bits per heavy atom. The number of nitrogens with zero attached hydrogens (tertiary/aromatic N) is 1. The first-order valence-corrected chi connectivity index (χ1v) is 7.54. The van der Waals surface area contributed by atoms with Crippen molar-refractivity contribution in [3.05, 3.63) is 23.8 Å². The molecule has 3 rings (SSSR count). The summed E-state index contributed by atoms with van der Waals surface area (Å²) in [6.07, 6.45) is 4.64. The first-order valence-electron chi connectivity index (χ1n) is 7.54. The molecule has 0 bridgehead atoms. The molecule has 1 heterocycles. The molecule has 1 aliphatic heterocycles. The topological polar surface area (TPSA) is 58.4 Å². The van der Waals surface area contributed by atoms with E-state index in [-0.39, 0.29) is 11.8 Å². The fourth-order valence-electron chi connectivity index (χ4n) is 2.98. The van der Waals surface area contributed by atoms with Crippen LogP contribution in [-0.2, 0) is 4.79 Å². The van der Waals surface area contributed by atoms with Gasteiger partial charge in [0.1, 0.15) is 0 Å². The number of anilines is 2. The quantitative estimate of drug-likeness (QED) is 0.831. The minimum atomic E-state index is 0.144. The van der Waals surface area contributed by atoms with E-state index in [9.17, 15) is 4.79 Å². The predicted octanol–water partition coefficient (Wildman–Crippen LogP) is 2.39. The van der Waals surface area contributed by atoms with Gasteiger partial charge in [0.15, 0.2) is 0 Å². The van der Waals surface area contributed by atoms with Gasteiger partial charge in [-0.05, 0) is 63.4 Å². The molecule has 0 unspecified atom stereocenters. The van der Waals surface area contributed by atoms with Gasteiger partial charge < -0.3 is 16.0 Å². The molecule has 1 aromatic rings. The SMILES string of the molecule is Cc1ccc(N)cc1NC(=O)C1CCN(C2CC2)CC1. The molecule has 3 N–H and O–H groups in total.